The van der Waals surface area contributed by atoms with Gasteiger partial charge >= 0.3 is 0 Å². The third kappa shape index (κ3) is 5.78. The number of anilines is 1. The number of hydrogen-bond acceptors (Lipinski definition) is 4. The molecule has 0 aliphatic carbocycles. The van der Waals surface area contributed by atoms with E-state index in [9.17, 15) is 4.79 Å². The van der Waals surface area contributed by atoms with Crippen molar-refractivity contribution in [2.75, 3.05) is 18.2 Å². The zero-order chi connectivity index (χ0) is 17.2. The number of ether oxygens (including phenoxy) is 1. The van der Waals surface area contributed by atoms with Crippen LogP contribution in [0.5, 0.6) is 5.75 Å². The Bertz CT molecular complexity index is 663. The molecular weight excluding hydrogens is 318 g/mol. The first-order chi connectivity index (χ1) is 11.7. The molecule has 0 unspecified atom stereocenters. The summed E-state index contributed by atoms with van der Waals surface area (Å²) >= 11 is 1.70. The Morgan fingerprint density at radius 2 is 1.83 bits per heavy atom. The van der Waals surface area contributed by atoms with Crippen LogP contribution in [0.15, 0.2) is 65.7 Å². The predicted molar refractivity (Wildman–Crippen MR) is 102 cm³/mol. The summed E-state index contributed by atoms with van der Waals surface area (Å²) in [7, 11) is 0. The Morgan fingerprint density at radius 3 is 2.46 bits per heavy atom. The van der Waals surface area contributed by atoms with Gasteiger partial charge in [0.05, 0.1) is 6.61 Å². The van der Waals surface area contributed by atoms with Gasteiger partial charge in [-0.1, -0.05) is 13.3 Å². The first-order valence-corrected chi connectivity index (χ1v) is 9.29. The molecule has 0 saturated heterocycles. The molecule has 2 rings (SSSR count). The van der Waals surface area contributed by atoms with E-state index in [0.29, 0.717) is 12.2 Å². The highest BCUT2D eigenvalue weighted by Crippen LogP contribution is 2.17. The molecule has 2 aromatic carbocycles. The molecular formula is C20H23NO2S. The Balaban J connectivity index is 1.86. The number of benzene rings is 2. The van der Waals surface area contributed by atoms with Gasteiger partial charge in [0.25, 0.3) is 0 Å². The van der Waals surface area contributed by atoms with Gasteiger partial charge < -0.3 is 10.1 Å². The highest BCUT2D eigenvalue weighted by Gasteiger charge is 2.02. The fourth-order valence-electron chi connectivity index (χ4n) is 2.05. The standard InChI is InChI=1S/C20H23NO2S/c1-3-4-15-23-18-9-5-16(6-10-18)20(22)13-14-21-17-7-11-19(24-2)12-8-17/h5-14,21H,3-4,15H2,1-2H3/b14-13+. The third-order valence-electron chi connectivity index (χ3n) is 3.48. The number of unbranched alkanes of at least 4 members (excludes halogenated alkanes) is 1. The van der Waals surface area contributed by atoms with Crippen molar-refractivity contribution in [3.05, 3.63) is 66.4 Å². The maximum absolute atomic E-state index is 12.1. The van der Waals surface area contributed by atoms with E-state index in [2.05, 4.69) is 12.2 Å². The summed E-state index contributed by atoms with van der Waals surface area (Å²) in [4.78, 5) is 13.3. The van der Waals surface area contributed by atoms with Crippen LogP contribution in [0.3, 0.4) is 0 Å². The van der Waals surface area contributed by atoms with Crippen molar-refractivity contribution in [1.29, 1.82) is 0 Å². The molecule has 2 aromatic rings. The minimum atomic E-state index is -0.0386. The lowest BCUT2D eigenvalue weighted by Gasteiger charge is -2.05. The van der Waals surface area contributed by atoms with Gasteiger partial charge in [-0.05, 0) is 61.2 Å². The molecule has 0 atom stereocenters. The molecule has 0 spiro atoms. The molecule has 24 heavy (non-hydrogen) atoms. The van der Waals surface area contributed by atoms with Crippen molar-refractivity contribution in [1.82, 2.24) is 0 Å². The molecule has 0 fully saturated rings. The molecule has 0 heterocycles. The number of thioether (sulfide) groups is 1. The van der Waals surface area contributed by atoms with Crippen molar-refractivity contribution in [2.24, 2.45) is 0 Å². The van der Waals surface area contributed by atoms with Crippen LogP contribution in [0.2, 0.25) is 0 Å². The van der Waals surface area contributed by atoms with Crippen LogP contribution >= 0.6 is 11.8 Å². The number of nitrogens with one attached hydrogen (secondary N) is 1. The van der Waals surface area contributed by atoms with E-state index in [1.54, 1.807) is 30.1 Å². The van der Waals surface area contributed by atoms with Gasteiger partial charge in [-0.2, -0.15) is 0 Å². The van der Waals surface area contributed by atoms with Crippen LogP contribution in [0.25, 0.3) is 0 Å². The largest absolute Gasteiger partial charge is 0.494 e. The van der Waals surface area contributed by atoms with Gasteiger partial charge in [0.2, 0.25) is 0 Å². The molecule has 0 bridgehead atoms. The van der Waals surface area contributed by atoms with Gasteiger partial charge in [0, 0.05) is 28.4 Å². The lowest BCUT2D eigenvalue weighted by molar-refractivity contribution is 0.104. The average Bonchev–Trinajstić information content (AvgIpc) is 2.63. The summed E-state index contributed by atoms with van der Waals surface area (Å²) in [6.45, 7) is 2.84. The highest BCUT2D eigenvalue weighted by molar-refractivity contribution is 7.98. The van der Waals surface area contributed by atoms with E-state index in [1.807, 2.05) is 42.7 Å². The quantitative estimate of drug-likeness (QED) is 0.287. The molecule has 0 aromatic heterocycles. The zero-order valence-corrected chi connectivity index (χ0v) is 14.9. The maximum Gasteiger partial charge on any atom is 0.187 e. The van der Waals surface area contributed by atoms with Gasteiger partial charge in [0.15, 0.2) is 5.78 Å². The van der Waals surface area contributed by atoms with Gasteiger partial charge in [-0.3, -0.25) is 4.79 Å². The number of carbonyl (C=O) groups excluding carboxylic acids is 1. The second-order valence-electron chi connectivity index (χ2n) is 5.30. The fourth-order valence-corrected chi connectivity index (χ4v) is 2.46. The van der Waals surface area contributed by atoms with Gasteiger partial charge in [0.1, 0.15) is 5.75 Å². The van der Waals surface area contributed by atoms with E-state index < -0.39 is 0 Å². The van der Waals surface area contributed by atoms with Crippen molar-refractivity contribution in [2.45, 2.75) is 24.7 Å². The van der Waals surface area contributed by atoms with Crippen molar-refractivity contribution >= 4 is 23.2 Å². The summed E-state index contributed by atoms with van der Waals surface area (Å²) in [6, 6.07) is 15.3. The second-order valence-corrected chi connectivity index (χ2v) is 6.18. The van der Waals surface area contributed by atoms with E-state index in [4.69, 9.17) is 4.74 Å². The minimum Gasteiger partial charge on any atom is -0.494 e. The molecule has 0 aliphatic heterocycles. The molecule has 4 heteroatoms. The average molecular weight is 341 g/mol. The van der Waals surface area contributed by atoms with Crippen LogP contribution in [0.4, 0.5) is 5.69 Å². The summed E-state index contributed by atoms with van der Waals surface area (Å²) in [6.07, 6.45) is 7.39. The molecule has 0 amide bonds. The Labute approximate surface area is 148 Å². The summed E-state index contributed by atoms with van der Waals surface area (Å²) in [5, 5.41) is 3.11. The van der Waals surface area contributed by atoms with Crippen LogP contribution < -0.4 is 10.1 Å². The number of allylic oxidation sites excluding steroid dienone is 1. The minimum absolute atomic E-state index is 0.0386. The number of carbonyl (C=O) groups is 1. The van der Waals surface area contributed by atoms with Gasteiger partial charge in [-0.25, -0.2) is 0 Å². The summed E-state index contributed by atoms with van der Waals surface area (Å²) in [5.41, 5.74) is 1.60. The van der Waals surface area contributed by atoms with Crippen LogP contribution in [0.1, 0.15) is 30.1 Å². The topological polar surface area (TPSA) is 38.3 Å². The van der Waals surface area contributed by atoms with Crippen molar-refractivity contribution in [3.8, 4) is 5.75 Å². The lowest BCUT2D eigenvalue weighted by Crippen LogP contribution is -1.99. The Hall–Kier alpha value is -2.20. The molecule has 3 nitrogen and oxygen atoms in total. The first-order valence-electron chi connectivity index (χ1n) is 8.07. The SMILES string of the molecule is CCCCOc1ccc(C(=O)/C=C/Nc2ccc(SC)cc2)cc1. The summed E-state index contributed by atoms with van der Waals surface area (Å²) in [5.74, 6) is 0.763. The van der Waals surface area contributed by atoms with E-state index >= 15 is 0 Å². The van der Waals surface area contributed by atoms with Crippen molar-refractivity contribution in [3.63, 3.8) is 0 Å². The predicted octanol–water partition coefficient (Wildman–Crippen LogP) is 5.40. The smallest absolute Gasteiger partial charge is 0.187 e. The Kier molecular flexibility index (Phi) is 7.43. The normalized spacial score (nSPS) is 10.8. The zero-order valence-electron chi connectivity index (χ0n) is 14.1. The van der Waals surface area contributed by atoms with Gasteiger partial charge in [-0.15, -0.1) is 11.8 Å². The first kappa shape index (κ1) is 18.1. The summed E-state index contributed by atoms with van der Waals surface area (Å²) < 4.78 is 5.60. The van der Waals surface area contributed by atoms with E-state index in [1.165, 1.54) is 11.0 Å². The molecule has 0 radical (unpaired) electrons. The monoisotopic (exact) mass is 341 g/mol. The fraction of sp³-hybridized carbons (Fsp3) is 0.250. The van der Waals surface area contributed by atoms with E-state index in [-0.39, 0.29) is 5.78 Å². The third-order valence-corrected chi connectivity index (χ3v) is 4.22. The highest BCUT2D eigenvalue weighted by atomic mass is 32.2. The second kappa shape index (κ2) is 9.83. The molecule has 1 N–H and O–H groups in total. The number of rotatable bonds is 9. The van der Waals surface area contributed by atoms with Crippen LogP contribution in [0, 0.1) is 0 Å². The molecule has 126 valence electrons. The Morgan fingerprint density at radius 1 is 1.12 bits per heavy atom. The van der Waals surface area contributed by atoms with Crippen molar-refractivity contribution < 1.29 is 9.53 Å². The van der Waals surface area contributed by atoms with Crippen LogP contribution in [-0.4, -0.2) is 18.6 Å². The molecule has 0 saturated carbocycles. The lowest BCUT2D eigenvalue weighted by atomic mass is 10.1. The maximum atomic E-state index is 12.1. The van der Waals surface area contributed by atoms with E-state index in [0.717, 1.165) is 24.3 Å². The van der Waals surface area contributed by atoms with Crippen LogP contribution in [-0.2, 0) is 0 Å². The number of hydrogen-bond donors (Lipinski definition) is 1. The molecule has 0 aliphatic rings. The number of ketones is 1.